The summed E-state index contributed by atoms with van der Waals surface area (Å²) >= 11 is 0. The van der Waals surface area contributed by atoms with Crippen LogP contribution in [0.5, 0.6) is 11.5 Å². The number of phenols is 2. The Morgan fingerprint density at radius 3 is 1.90 bits per heavy atom. The highest BCUT2D eigenvalue weighted by atomic mass is 16.5. The van der Waals surface area contributed by atoms with Gasteiger partial charge >= 0.3 is 0 Å². The first-order valence-corrected chi connectivity index (χ1v) is 9.85. The Balaban J connectivity index is 1.77. The summed E-state index contributed by atoms with van der Waals surface area (Å²) in [6.07, 6.45) is -0.535. The molecule has 148 valence electrons. The van der Waals surface area contributed by atoms with Crippen molar-refractivity contribution in [2.75, 3.05) is 5.32 Å². The van der Waals surface area contributed by atoms with Crippen LogP contribution in [0.4, 0.5) is 5.69 Å². The Kier molecular flexibility index (Phi) is 4.42. The van der Waals surface area contributed by atoms with E-state index < -0.39 is 11.8 Å². The number of phenolic OH excluding ortho intramolecular Hbond substituents is 2. The van der Waals surface area contributed by atoms with Crippen molar-refractivity contribution < 1.29 is 14.9 Å². The fourth-order valence-corrected chi connectivity index (χ4v) is 4.14. The molecule has 4 nitrogen and oxygen atoms in total. The van der Waals surface area contributed by atoms with Crippen LogP contribution in [-0.4, -0.2) is 10.2 Å². The summed E-state index contributed by atoms with van der Waals surface area (Å²) in [5.74, 6) is -0.339. The summed E-state index contributed by atoms with van der Waals surface area (Å²) in [6, 6.07) is 33.2. The lowest BCUT2D eigenvalue weighted by Gasteiger charge is -2.44. The standard InChI is InChI=1S/C26H21NO3/c28-23-16-15-18(17-24(23)29)25-27-22-14-8-7-13-21(22)26(30-25,19-9-3-1-4-10-19)20-11-5-2-6-12-20/h1-17,25,27-29H. The van der Waals surface area contributed by atoms with Crippen LogP contribution in [0.1, 0.15) is 28.5 Å². The van der Waals surface area contributed by atoms with Crippen molar-refractivity contribution in [2.24, 2.45) is 0 Å². The van der Waals surface area contributed by atoms with Gasteiger partial charge in [0.25, 0.3) is 0 Å². The molecule has 5 rings (SSSR count). The minimum absolute atomic E-state index is 0.160. The summed E-state index contributed by atoms with van der Waals surface area (Å²) in [4.78, 5) is 0. The Hall–Kier alpha value is -3.76. The number of ether oxygens (including phenoxy) is 1. The number of nitrogens with one attached hydrogen (secondary N) is 1. The molecule has 1 heterocycles. The highest BCUT2D eigenvalue weighted by Gasteiger charge is 2.44. The quantitative estimate of drug-likeness (QED) is 0.399. The van der Waals surface area contributed by atoms with Crippen molar-refractivity contribution in [2.45, 2.75) is 11.8 Å². The molecule has 1 unspecified atom stereocenters. The fourth-order valence-electron chi connectivity index (χ4n) is 4.14. The number of anilines is 1. The SMILES string of the molecule is Oc1ccc(C2Nc3ccccc3C(c3ccccc3)(c3ccccc3)O2)cc1O. The predicted octanol–water partition coefficient (Wildman–Crippen LogP) is 5.53. The molecule has 0 radical (unpaired) electrons. The van der Waals surface area contributed by atoms with E-state index in [0.29, 0.717) is 0 Å². The number of hydrogen-bond donors (Lipinski definition) is 3. The van der Waals surface area contributed by atoms with Crippen LogP contribution in [-0.2, 0) is 10.3 Å². The van der Waals surface area contributed by atoms with E-state index in [9.17, 15) is 10.2 Å². The van der Waals surface area contributed by atoms with Gasteiger partial charge in [-0.25, -0.2) is 0 Å². The van der Waals surface area contributed by atoms with Gasteiger partial charge < -0.3 is 20.3 Å². The second-order valence-electron chi connectivity index (χ2n) is 7.35. The molecule has 30 heavy (non-hydrogen) atoms. The maximum atomic E-state index is 10.1. The van der Waals surface area contributed by atoms with Crippen LogP contribution in [0, 0.1) is 0 Å². The second-order valence-corrected chi connectivity index (χ2v) is 7.35. The van der Waals surface area contributed by atoms with Gasteiger partial charge in [-0.2, -0.15) is 0 Å². The van der Waals surface area contributed by atoms with Crippen LogP contribution in [0.25, 0.3) is 0 Å². The van der Waals surface area contributed by atoms with Crippen LogP contribution in [0.15, 0.2) is 103 Å². The maximum absolute atomic E-state index is 10.1. The summed E-state index contributed by atoms with van der Waals surface area (Å²) in [7, 11) is 0. The van der Waals surface area contributed by atoms with E-state index >= 15 is 0 Å². The Morgan fingerprint density at radius 2 is 1.27 bits per heavy atom. The van der Waals surface area contributed by atoms with Gasteiger partial charge in [-0.15, -0.1) is 0 Å². The van der Waals surface area contributed by atoms with Gasteiger partial charge in [0.15, 0.2) is 17.7 Å². The molecule has 0 bridgehead atoms. The zero-order chi connectivity index (χ0) is 20.6. The molecule has 3 N–H and O–H groups in total. The highest BCUT2D eigenvalue weighted by molar-refractivity contribution is 5.64. The van der Waals surface area contributed by atoms with E-state index in [-0.39, 0.29) is 11.5 Å². The molecule has 4 heteroatoms. The number of fused-ring (bicyclic) bond motifs is 1. The van der Waals surface area contributed by atoms with Crippen LogP contribution < -0.4 is 5.32 Å². The first kappa shape index (κ1) is 18.3. The monoisotopic (exact) mass is 395 g/mol. The summed E-state index contributed by atoms with van der Waals surface area (Å²) in [6.45, 7) is 0. The Bertz CT molecular complexity index is 1140. The molecule has 1 atom stereocenters. The number of rotatable bonds is 3. The smallest absolute Gasteiger partial charge is 0.157 e. The molecule has 4 aromatic carbocycles. The van der Waals surface area contributed by atoms with Crippen molar-refractivity contribution in [3.63, 3.8) is 0 Å². The number of benzene rings is 4. The minimum atomic E-state index is -0.845. The van der Waals surface area contributed by atoms with Gasteiger partial charge in [0.05, 0.1) is 0 Å². The molecule has 0 saturated carbocycles. The maximum Gasteiger partial charge on any atom is 0.157 e. The van der Waals surface area contributed by atoms with Gasteiger partial charge in [-0.3, -0.25) is 0 Å². The van der Waals surface area contributed by atoms with Gasteiger partial charge in [-0.1, -0.05) is 84.9 Å². The highest BCUT2D eigenvalue weighted by Crippen LogP contribution is 2.50. The topological polar surface area (TPSA) is 61.7 Å². The first-order valence-electron chi connectivity index (χ1n) is 9.85. The molecular formula is C26H21NO3. The molecular weight excluding hydrogens is 374 g/mol. The van der Waals surface area contributed by atoms with Crippen LogP contribution in [0.3, 0.4) is 0 Å². The van der Waals surface area contributed by atoms with E-state index in [1.165, 1.54) is 12.1 Å². The molecule has 0 spiro atoms. The lowest BCUT2D eigenvalue weighted by Crippen LogP contribution is -2.40. The molecule has 1 aliphatic rings. The molecule has 0 aromatic heterocycles. The normalized spacial score (nSPS) is 17.0. The van der Waals surface area contributed by atoms with Crippen molar-refractivity contribution in [1.29, 1.82) is 0 Å². The summed E-state index contributed by atoms with van der Waals surface area (Å²) in [5.41, 5.74) is 3.87. The van der Waals surface area contributed by atoms with E-state index in [2.05, 4.69) is 35.6 Å². The van der Waals surface area contributed by atoms with Crippen molar-refractivity contribution >= 4 is 5.69 Å². The molecule has 0 amide bonds. The fraction of sp³-hybridized carbons (Fsp3) is 0.0769. The largest absolute Gasteiger partial charge is 0.504 e. The van der Waals surface area contributed by atoms with Crippen molar-refractivity contribution in [3.05, 3.63) is 125 Å². The Morgan fingerprint density at radius 1 is 0.667 bits per heavy atom. The Labute approximate surface area is 175 Å². The zero-order valence-electron chi connectivity index (χ0n) is 16.2. The molecule has 4 aromatic rings. The van der Waals surface area contributed by atoms with Crippen molar-refractivity contribution in [3.8, 4) is 11.5 Å². The van der Waals surface area contributed by atoms with E-state index in [0.717, 1.165) is 27.9 Å². The van der Waals surface area contributed by atoms with E-state index in [4.69, 9.17) is 4.74 Å². The zero-order valence-corrected chi connectivity index (χ0v) is 16.2. The number of hydrogen-bond acceptors (Lipinski definition) is 4. The van der Waals surface area contributed by atoms with Gasteiger partial charge in [-0.05, 0) is 29.3 Å². The van der Waals surface area contributed by atoms with E-state index in [1.54, 1.807) is 6.07 Å². The van der Waals surface area contributed by atoms with Crippen molar-refractivity contribution in [1.82, 2.24) is 0 Å². The van der Waals surface area contributed by atoms with Crippen LogP contribution in [0.2, 0.25) is 0 Å². The lowest BCUT2D eigenvalue weighted by atomic mass is 9.78. The molecule has 0 aliphatic carbocycles. The molecule has 1 aliphatic heterocycles. The number of para-hydroxylation sites is 1. The van der Waals surface area contributed by atoms with Crippen LogP contribution >= 0.6 is 0 Å². The summed E-state index contributed by atoms with van der Waals surface area (Å²) < 4.78 is 6.85. The summed E-state index contributed by atoms with van der Waals surface area (Å²) in [5, 5.41) is 23.2. The molecule has 0 fully saturated rings. The third kappa shape index (κ3) is 2.90. The first-order chi connectivity index (χ1) is 14.7. The third-order valence-electron chi connectivity index (χ3n) is 5.55. The van der Waals surface area contributed by atoms with E-state index in [1.807, 2.05) is 54.6 Å². The molecule has 0 saturated heterocycles. The average molecular weight is 395 g/mol. The average Bonchev–Trinajstić information content (AvgIpc) is 2.81. The predicted molar refractivity (Wildman–Crippen MR) is 116 cm³/mol. The number of aromatic hydroxyl groups is 2. The third-order valence-corrected chi connectivity index (χ3v) is 5.55. The second kappa shape index (κ2) is 7.25. The minimum Gasteiger partial charge on any atom is -0.504 e. The van der Waals surface area contributed by atoms with Gasteiger partial charge in [0, 0.05) is 16.8 Å². The van der Waals surface area contributed by atoms with Gasteiger partial charge in [0.2, 0.25) is 0 Å². The van der Waals surface area contributed by atoms with Gasteiger partial charge in [0.1, 0.15) is 5.60 Å². The lowest BCUT2D eigenvalue weighted by molar-refractivity contribution is -0.0433.